The molecular weight excluding hydrogens is 312 g/mol. The number of nitro benzene ring substituents is 1. The van der Waals surface area contributed by atoms with Crippen LogP contribution in [0.4, 0.5) is 11.4 Å². The molecule has 0 radical (unpaired) electrons. The van der Waals surface area contributed by atoms with Crippen molar-refractivity contribution in [3.8, 4) is 0 Å². The summed E-state index contributed by atoms with van der Waals surface area (Å²) in [5.41, 5.74) is 5.45. The summed E-state index contributed by atoms with van der Waals surface area (Å²) in [5.74, 6) is -0.988. The average molecular weight is 323 g/mol. The molecule has 0 aliphatic rings. The fourth-order valence-corrected chi connectivity index (χ4v) is 1.65. The molecule has 0 amide bonds. The summed E-state index contributed by atoms with van der Waals surface area (Å²) in [6, 6.07) is 11.9. The number of hydrogen-bond donors (Lipinski definition) is 2. The summed E-state index contributed by atoms with van der Waals surface area (Å²) < 4.78 is 0. The molecule has 0 unspecified atom stereocenters. The van der Waals surface area contributed by atoms with Crippen molar-refractivity contribution in [1.29, 1.82) is 0 Å². The number of benzene rings is 2. The molecule has 0 bridgehead atoms. The first-order valence-electron chi connectivity index (χ1n) is 5.85. The molecule has 3 N–H and O–H groups in total. The summed E-state index contributed by atoms with van der Waals surface area (Å²) in [4.78, 5) is 30.7. The molecule has 0 spiro atoms. The number of anilines is 1. The Morgan fingerprint density at radius 3 is 1.91 bits per heavy atom. The summed E-state index contributed by atoms with van der Waals surface area (Å²) in [5, 5.41) is 18.0. The van der Waals surface area contributed by atoms with Gasteiger partial charge in [0.25, 0.3) is 10.9 Å². The van der Waals surface area contributed by atoms with Crippen LogP contribution in [0.25, 0.3) is 0 Å². The van der Waals surface area contributed by atoms with Crippen LogP contribution in [0, 0.1) is 10.1 Å². The van der Waals surface area contributed by atoms with Gasteiger partial charge in [-0.2, -0.15) is 0 Å². The number of hydrogen-bond acceptors (Lipinski definition) is 5. The minimum absolute atomic E-state index is 0.0795. The number of carbonyl (C=O) groups excluding carboxylic acids is 1. The number of carboxylic acids is 1. The summed E-state index contributed by atoms with van der Waals surface area (Å²) in [6.07, 6.45) is 0. The Kier molecular flexibility index (Phi) is 6.03. The van der Waals surface area contributed by atoms with Gasteiger partial charge in [-0.1, -0.05) is 24.3 Å². The molecular formula is C14H11ClN2O5. The van der Waals surface area contributed by atoms with E-state index in [9.17, 15) is 19.7 Å². The van der Waals surface area contributed by atoms with Gasteiger partial charge in [0, 0.05) is 11.8 Å². The first-order chi connectivity index (χ1) is 10.3. The third kappa shape index (κ3) is 4.57. The average Bonchev–Trinajstić information content (AvgIpc) is 2.48. The normalized spacial score (nSPS) is 9.32. The summed E-state index contributed by atoms with van der Waals surface area (Å²) in [6.45, 7) is 0. The van der Waals surface area contributed by atoms with Crippen molar-refractivity contribution in [1.82, 2.24) is 0 Å². The Morgan fingerprint density at radius 1 is 1.05 bits per heavy atom. The van der Waals surface area contributed by atoms with Crippen LogP contribution in [0.5, 0.6) is 0 Å². The van der Waals surface area contributed by atoms with Crippen molar-refractivity contribution in [3.63, 3.8) is 0 Å². The fraction of sp³-hybridized carbons (Fsp3) is 0. The van der Waals surface area contributed by atoms with Gasteiger partial charge in [-0.3, -0.25) is 14.9 Å². The number of nitro groups is 1. The number of para-hydroxylation sites is 2. The second-order valence-electron chi connectivity index (χ2n) is 3.94. The van der Waals surface area contributed by atoms with Crippen LogP contribution in [-0.4, -0.2) is 21.2 Å². The van der Waals surface area contributed by atoms with Gasteiger partial charge >= 0.3 is 5.97 Å². The van der Waals surface area contributed by atoms with Gasteiger partial charge in [0.05, 0.1) is 10.5 Å². The van der Waals surface area contributed by atoms with E-state index in [2.05, 4.69) is 0 Å². The number of nitrogen functional groups attached to an aromatic ring is 1. The van der Waals surface area contributed by atoms with Crippen molar-refractivity contribution in [2.75, 3.05) is 5.73 Å². The van der Waals surface area contributed by atoms with Crippen LogP contribution >= 0.6 is 11.6 Å². The predicted octanol–water partition coefficient (Wildman–Crippen LogP) is 2.94. The number of nitrogens with zero attached hydrogens (tertiary/aromatic N) is 1. The quantitative estimate of drug-likeness (QED) is 0.387. The molecule has 0 aliphatic heterocycles. The van der Waals surface area contributed by atoms with E-state index in [-0.39, 0.29) is 16.8 Å². The molecule has 0 atom stereocenters. The predicted molar refractivity (Wildman–Crippen MR) is 81.1 cm³/mol. The highest BCUT2D eigenvalue weighted by Gasteiger charge is 2.16. The first kappa shape index (κ1) is 17.1. The lowest BCUT2D eigenvalue weighted by molar-refractivity contribution is -0.385. The fourth-order valence-electron chi connectivity index (χ4n) is 1.49. The van der Waals surface area contributed by atoms with Crippen molar-refractivity contribution in [2.24, 2.45) is 0 Å². The molecule has 22 heavy (non-hydrogen) atoms. The molecule has 0 aromatic heterocycles. The lowest BCUT2D eigenvalue weighted by Gasteiger charge is -1.96. The molecule has 8 heteroatoms. The van der Waals surface area contributed by atoms with E-state index in [4.69, 9.17) is 22.4 Å². The Balaban J connectivity index is 0.000000224. The van der Waals surface area contributed by atoms with E-state index in [0.717, 1.165) is 0 Å². The zero-order valence-corrected chi connectivity index (χ0v) is 11.9. The minimum Gasteiger partial charge on any atom is -0.478 e. The van der Waals surface area contributed by atoms with Gasteiger partial charge in [0.2, 0.25) is 0 Å². The van der Waals surface area contributed by atoms with Gasteiger partial charge in [0.1, 0.15) is 5.56 Å². The SMILES string of the molecule is Nc1ccccc1C(=O)O.O=C(Cl)c1ccccc1[N+](=O)[O-]. The zero-order valence-electron chi connectivity index (χ0n) is 11.1. The highest BCUT2D eigenvalue weighted by atomic mass is 35.5. The van der Waals surface area contributed by atoms with Crippen LogP contribution < -0.4 is 5.73 Å². The number of nitrogens with two attached hydrogens (primary N) is 1. The molecule has 7 nitrogen and oxygen atoms in total. The highest BCUT2D eigenvalue weighted by molar-refractivity contribution is 6.68. The Hall–Kier alpha value is -2.93. The largest absolute Gasteiger partial charge is 0.478 e. The van der Waals surface area contributed by atoms with Crippen molar-refractivity contribution in [3.05, 3.63) is 69.8 Å². The molecule has 2 aromatic rings. The number of halogens is 1. The van der Waals surface area contributed by atoms with Crippen molar-refractivity contribution < 1.29 is 19.6 Å². The molecule has 0 saturated heterocycles. The van der Waals surface area contributed by atoms with Crippen LogP contribution in [0.15, 0.2) is 48.5 Å². The molecule has 2 aromatic carbocycles. The number of aromatic carboxylic acids is 1. The maximum atomic E-state index is 10.6. The van der Waals surface area contributed by atoms with E-state index >= 15 is 0 Å². The van der Waals surface area contributed by atoms with Gasteiger partial charge < -0.3 is 10.8 Å². The van der Waals surface area contributed by atoms with E-state index < -0.39 is 16.1 Å². The van der Waals surface area contributed by atoms with Crippen molar-refractivity contribution in [2.45, 2.75) is 0 Å². The number of rotatable bonds is 3. The first-order valence-corrected chi connectivity index (χ1v) is 6.23. The van der Waals surface area contributed by atoms with Gasteiger partial charge in [-0.15, -0.1) is 0 Å². The molecule has 114 valence electrons. The molecule has 0 saturated carbocycles. The minimum atomic E-state index is -0.988. The van der Waals surface area contributed by atoms with Crippen molar-refractivity contribution >= 4 is 34.2 Å². The summed E-state index contributed by atoms with van der Waals surface area (Å²) in [7, 11) is 0. The highest BCUT2D eigenvalue weighted by Crippen LogP contribution is 2.18. The summed E-state index contributed by atoms with van der Waals surface area (Å²) >= 11 is 5.11. The second-order valence-corrected chi connectivity index (χ2v) is 4.28. The number of carboxylic acid groups (broad SMARTS) is 1. The third-order valence-corrected chi connectivity index (χ3v) is 2.71. The van der Waals surface area contributed by atoms with Crippen LogP contribution in [0.2, 0.25) is 0 Å². The molecule has 0 aliphatic carbocycles. The van der Waals surface area contributed by atoms with Crippen LogP contribution in [0.1, 0.15) is 20.7 Å². The Morgan fingerprint density at radius 2 is 1.55 bits per heavy atom. The van der Waals surface area contributed by atoms with E-state index in [0.29, 0.717) is 5.69 Å². The molecule has 0 heterocycles. The number of carbonyl (C=O) groups is 2. The van der Waals surface area contributed by atoms with E-state index in [1.54, 1.807) is 18.2 Å². The zero-order chi connectivity index (χ0) is 16.7. The maximum Gasteiger partial charge on any atom is 0.337 e. The standard InChI is InChI=1S/C7H4ClNO3.C7H7NO2/c8-7(10)5-3-1-2-4-6(5)9(11)12;8-6-4-2-1-3-5(6)7(9)10/h1-4H;1-4H,8H2,(H,9,10). The second kappa shape index (κ2) is 7.75. The monoisotopic (exact) mass is 322 g/mol. The van der Waals surface area contributed by atoms with Gasteiger partial charge in [-0.05, 0) is 29.8 Å². The maximum absolute atomic E-state index is 10.6. The van der Waals surface area contributed by atoms with Crippen LogP contribution in [0.3, 0.4) is 0 Å². The van der Waals surface area contributed by atoms with E-state index in [1.807, 2.05) is 0 Å². The Bertz CT molecular complexity index is 685. The van der Waals surface area contributed by atoms with Crippen LogP contribution in [-0.2, 0) is 0 Å². The third-order valence-electron chi connectivity index (χ3n) is 2.50. The lowest BCUT2D eigenvalue weighted by atomic mass is 10.2. The van der Waals surface area contributed by atoms with Gasteiger partial charge in [-0.25, -0.2) is 4.79 Å². The van der Waals surface area contributed by atoms with Gasteiger partial charge in [0.15, 0.2) is 0 Å². The molecule has 0 fully saturated rings. The molecule has 2 rings (SSSR count). The topological polar surface area (TPSA) is 124 Å². The van der Waals surface area contributed by atoms with E-state index in [1.165, 1.54) is 30.3 Å². The lowest BCUT2D eigenvalue weighted by Crippen LogP contribution is -2.00. The Labute approximate surface area is 130 Å². The smallest absolute Gasteiger partial charge is 0.337 e.